The Morgan fingerprint density at radius 2 is 2.12 bits per heavy atom. The predicted molar refractivity (Wildman–Crippen MR) is 64.9 cm³/mol. The summed E-state index contributed by atoms with van der Waals surface area (Å²) in [5, 5.41) is -0.138. The highest BCUT2D eigenvalue weighted by molar-refractivity contribution is 7.89. The lowest BCUT2D eigenvalue weighted by atomic mass is 10.3. The van der Waals surface area contributed by atoms with Crippen molar-refractivity contribution >= 4 is 21.6 Å². The van der Waals surface area contributed by atoms with Gasteiger partial charge >= 0.3 is 0 Å². The van der Waals surface area contributed by atoms with E-state index in [1.165, 1.54) is 7.05 Å². The van der Waals surface area contributed by atoms with Crippen LogP contribution >= 0.6 is 11.6 Å². The molecule has 0 aliphatic rings. The third kappa shape index (κ3) is 2.95. The fourth-order valence-corrected chi connectivity index (χ4v) is 3.10. The van der Waals surface area contributed by atoms with Crippen LogP contribution in [0.15, 0.2) is 23.1 Å². The summed E-state index contributed by atoms with van der Waals surface area (Å²) >= 11 is 5.73. The Labute approximate surface area is 105 Å². The highest BCUT2D eigenvalue weighted by atomic mass is 35.5. The zero-order valence-electron chi connectivity index (χ0n) is 9.52. The Morgan fingerprint density at radius 3 is 2.59 bits per heavy atom. The molecule has 17 heavy (non-hydrogen) atoms. The van der Waals surface area contributed by atoms with Gasteiger partial charge in [0.25, 0.3) is 0 Å². The third-order valence-corrected chi connectivity index (χ3v) is 4.97. The molecule has 1 rings (SSSR count). The number of hydrogen-bond donors (Lipinski definition) is 1. The van der Waals surface area contributed by atoms with E-state index in [-0.39, 0.29) is 22.5 Å². The van der Waals surface area contributed by atoms with E-state index >= 15 is 0 Å². The van der Waals surface area contributed by atoms with Crippen molar-refractivity contribution < 1.29 is 12.8 Å². The van der Waals surface area contributed by atoms with Crippen LogP contribution in [0.1, 0.15) is 6.92 Å². The van der Waals surface area contributed by atoms with Crippen LogP contribution in [-0.4, -0.2) is 32.4 Å². The number of halogens is 2. The van der Waals surface area contributed by atoms with Gasteiger partial charge < -0.3 is 5.73 Å². The molecule has 1 aromatic carbocycles. The molecule has 96 valence electrons. The number of sulfonamides is 1. The molecule has 0 heterocycles. The fraction of sp³-hybridized carbons (Fsp3) is 0.400. The number of rotatable bonds is 4. The van der Waals surface area contributed by atoms with Crippen molar-refractivity contribution in [1.82, 2.24) is 4.31 Å². The van der Waals surface area contributed by atoms with Gasteiger partial charge in [0.05, 0.1) is 5.02 Å². The summed E-state index contributed by atoms with van der Waals surface area (Å²) in [4.78, 5) is -0.122. The van der Waals surface area contributed by atoms with Gasteiger partial charge in [0.2, 0.25) is 10.0 Å². The largest absolute Gasteiger partial charge is 0.329 e. The van der Waals surface area contributed by atoms with E-state index in [0.717, 1.165) is 22.5 Å². The van der Waals surface area contributed by atoms with Crippen molar-refractivity contribution in [3.63, 3.8) is 0 Å². The first-order valence-corrected chi connectivity index (χ1v) is 6.75. The van der Waals surface area contributed by atoms with Crippen LogP contribution in [0.3, 0.4) is 0 Å². The monoisotopic (exact) mass is 280 g/mol. The fourth-order valence-electron chi connectivity index (χ4n) is 1.22. The quantitative estimate of drug-likeness (QED) is 0.908. The first-order valence-electron chi connectivity index (χ1n) is 4.94. The van der Waals surface area contributed by atoms with E-state index in [9.17, 15) is 12.8 Å². The van der Waals surface area contributed by atoms with Gasteiger partial charge in [-0.1, -0.05) is 11.6 Å². The number of nitrogens with zero attached hydrogens (tertiary/aromatic N) is 1. The molecule has 1 atom stereocenters. The number of hydrogen-bond acceptors (Lipinski definition) is 3. The molecule has 0 spiro atoms. The number of nitrogens with two attached hydrogens (primary N) is 1. The minimum atomic E-state index is -3.74. The van der Waals surface area contributed by atoms with Crippen LogP contribution < -0.4 is 5.73 Å². The lowest BCUT2D eigenvalue weighted by molar-refractivity contribution is 0.394. The van der Waals surface area contributed by atoms with Crippen molar-refractivity contribution in [3.8, 4) is 0 Å². The summed E-state index contributed by atoms with van der Waals surface area (Å²) in [5.74, 6) is -0.580. The third-order valence-electron chi connectivity index (χ3n) is 2.51. The molecule has 0 aliphatic carbocycles. The van der Waals surface area contributed by atoms with Crippen molar-refractivity contribution in [2.45, 2.75) is 17.9 Å². The maximum Gasteiger partial charge on any atom is 0.244 e. The van der Waals surface area contributed by atoms with Gasteiger partial charge in [-0.3, -0.25) is 0 Å². The van der Waals surface area contributed by atoms with E-state index in [2.05, 4.69) is 0 Å². The molecule has 0 bridgehead atoms. The van der Waals surface area contributed by atoms with Crippen LogP contribution in [-0.2, 0) is 10.0 Å². The normalized spacial score (nSPS) is 14.0. The zero-order chi connectivity index (χ0) is 13.2. The molecule has 7 heteroatoms. The van der Waals surface area contributed by atoms with Crippen LogP contribution in [0.2, 0.25) is 5.02 Å². The van der Waals surface area contributed by atoms with E-state index in [4.69, 9.17) is 17.3 Å². The Bertz CT molecular complexity index is 507. The van der Waals surface area contributed by atoms with Crippen molar-refractivity contribution in [3.05, 3.63) is 29.0 Å². The maximum atomic E-state index is 12.8. The minimum absolute atomic E-state index is 0.122. The molecule has 1 unspecified atom stereocenters. The van der Waals surface area contributed by atoms with Gasteiger partial charge in [0.1, 0.15) is 10.7 Å². The Kier molecular flexibility index (Phi) is 4.48. The summed E-state index contributed by atoms with van der Waals surface area (Å²) in [6, 6.07) is 2.81. The second kappa shape index (κ2) is 5.30. The average molecular weight is 281 g/mol. The van der Waals surface area contributed by atoms with Crippen molar-refractivity contribution in [2.24, 2.45) is 5.73 Å². The van der Waals surface area contributed by atoms with Gasteiger partial charge in [-0.15, -0.1) is 0 Å². The second-order valence-corrected chi connectivity index (χ2v) is 6.05. The topological polar surface area (TPSA) is 63.4 Å². The summed E-state index contributed by atoms with van der Waals surface area (Å²) in [5.41, 5.74) is 5.41. The van der Waals surface area contributed by atoms with E-state index in [1.54, 1.807) is 6.92 Å². The minimum Gasteiger partial charge on any atom is -0.329 e. The van der Waals surface area contributed by atoms with Crippen LogP contribution in [0.4, 0.5) is 4.39 Å². The molecule has 0 amide bonds. The molecule has 2 N–H and O–H groups in total. The Balaban J connectivity index is 3.22. The molecule has 0 aliphatic heterocycles. The van der Waals surface area contributed by atoms with Crippen molar-refractivity contribution in [1.29, 1.82) is 0 Å². The first-order chi connectivity index (χ1) is 7.80. The van der Waals surface area contributed by atoms with Crippen LogP contribution in [0, 0.1) is 5.82 Å². The molecule has 4 nitrogen and oxygen atoms in total. The Hall–Kier alpha value is -0.690. The summed E-state index contributed by atoms with van der Waals surface area (Å²) in [6.07, 6.45) is 0. The van der Waals surface area contributed by atoms with Gasteiger partial charge in [-0.05, 0) is 25.1 Å². The highest BCUT2D eigenvalue weighted by Crippen LogP contribution is 2.25. The van der Waals surface area contributed by atoms with Crippen LogP contribution in [0.25, 0.3) is 0 Å². The standard InChI is InChI=1S/C10H14ClFN2O2S/c1-7(6-13)14(2)17(15,16)10-4-3-8(12)5-9(10)11/h3-5,7H,6,13H2,1-2H3. The molecular formula is C10H14ClFN2O2S. The Morgan fingerprint density at radius 1 is 1.53 bits per heavy atom. The molecule has 0 fully saturated rings. The van der Waals surface area contributed by atoms with Crippen LogP contribution in [0.5, 0.6) is 0 Å². The summed E-state index contributed by atoms with van der Waals surface area (Å²) < 4.78 is 38.2. The van der Waals surface area contributed by atoms with Gasteiger partial charge in [-0.25, -0.2) is 12.8 Å². The van der Waals surface area contributed by atoms with E-state index in [0.29, 0.717) is 0 Å². The SMILES string of the molecule is CC(CN)N(C)S(=O)(=O)c1ccc(F)cc1Cl. The average Bonchev–Trinajstić information content (AvgIpc) is 2.26. The molecule has 0 saturated carbocycles. The molecule has 0 aromatic heterocycles. The lowest BCUT2D eigenvalue weighted by Gasteiger charge is -2.23. The molecule has 0 radical (unpaired) electrons. The van der Waals surface area contributed by atoms with Gasteiger partial charge in [0.15, 0.2) is 0 Å². The van der Waals surface area contributed by atoms with E-state index < -0.39 is 15.8 Å². The summed E-state index contributed by atoms with van der Waals surface area (Å²) in [6.45, 7) is 1.86. The van der Waals surface area contributed by atoms with Gasteiger partial charge in [0, 0.05) is 19.6 Å². The van der Waals surface area contributed by atoms with E-state index in [1.807, 2.05) is 0 Å². The maximum absolute atomic E-state index is 12.8. The molecule has 0 saturated heterocycles. The number of likely N-dealkylation sites (N-methyl/N-ethyl adjacent to an activating group) is 1. The van der Waals surface area contributed by atoms with Crippen molar-refractivity contribution in [2.75, 3.05) is 13.6 Å². The summed E-state index contributed by atoms with van der Waals surface area (Å²) in [7, 11) is -2.33. The van der Waals surface area contributed by atoms with Gasteiger partial charge in [-0.2, -0.15) is 4.31 Å². The number of benzene rings is 1. The molecule has 1 aromatic rings. The first kappa shape index (κ1) is 14.4. The highest BCUT2D eigenvalue weighted by Gasteiger charge is 2.26. The smallest absolute Gasteiger partial charge is 0.244 e. The lowest BCUT2D eigenvalue weighted by Crippen LogP contribution is -2.39. The second-order valence-electron chi connectivity index (χ2n) is 3.68. The zero-order valence-corrected chi connectivity index (χ0v) is 11.1. The molecular weight excluding hydrogens is 267 g/mol. The predicted octanol–water partition coefficient (Wildman–Crippen LogP) is 1.45.